The second-order valence-corrected chi connectivity index (χ2v) is 5.47. The maximum atomic E-state index is 13.9. The lowest BCUT2D eigenvalue weighted by Crippen LogP contribution is -2.70. The molecular formula is C15H16F3N4+. The van der Waals surface area contributed by atoms with Gasteiger partial charge in [-0.15, -0.1) is 5.10 Å². The second kappa shape index (κ2) is 5.92. The van der Waals surface area contributed by atoms with Gasteiger partial charge in [-0.25, -0.2) is 13.2 Å². The van der Waals surface area contributed by atoms with Crippen LogP contribution in [0.1, 0.15) is 17.9 Å². The van der Waals surface area contributed by atoms with Gasteiger partial charge in [0.1, 0.15) is 11.9 Å². The van der Waals surface area contributed by atoms with Crippen molar-refractivity contribution in [3.8, 4) is 0 Å². The van der Waals surface area contributed by atoms with Crippen molar-refractivity contribution < 1.29 is 18.9 Å². The monoisotopic (exact) mass is 309 g/mol. The molecular weight excluding hydrogens is 293 g/mol. The summed E-state index contributed by atoms with van der Waals surface area (Å²) in [6, 6.07) is 5.03. The van der Waals surface area contributed by atoms with Crippen LogP contribution in [0.15, 0.2) is 30.5 Å². The molecule has 0 aliphatic carbocycles. The molecule has 1 aliphatic rings. The van der Waals surface area contributed by atoms with E-state index in [9.17, 15) is 13.2 Å². The number of hydrogen-bond donors (Lipinski definition) is 1. The van der Waals surface area contributed by atoms with Gasteiger partial charge in [-0.3, -0.25) is 0 Å². The Bertz CT molecular complexity index is 665. The summed E-state index contributed by atoms with van der Waals surface area (Å²) in [5.41, 5.74) is 4.24. The number of benzene rings is 1. The summed E-state index contributed by atoms with van der Waals surface area (Å²) in [5.74, 6) is -2.42. The Morgan fingerprint density at radius 2 is 1.91 bits per heavy atom. The van der Waals surface area contributed by atoms with Gasteiger partial charge in [0.25, 0.3) is 0 Å². The lowest BCUT2D eigenvalue weighted by molar-refractivity contribution is -0.424. The molecule has 0 unspecified atom stereocenters. The smallest absolute Gasteiger partial charge is 0.161 e. The minimum Gasteiger partial charge on any atom is -0.353 e. The normalized spacial score (nSPS) is 21.9. The number of quaternary nitrogens is 1. The molecule has 0 bridgehead atoms. The molecule has 22 heavy (non-hydrogen) atoms. The predicted molar refractivity (Wildman–Crippen MR) is 74.6 cm³/mol. The van der Waals surface area contributed by atoms with Crippen LogP contribution in [0.25, 0.3) is 0 Å². The highest BCUT2D eigenvalue weighted by Crippen LogP contribution is 2.31. The van der Waals surface area contributed by atoms with Gasteiger partial charge in [0.15, 0.2) is 17.5 Å². The fourth-order valence-corrected chi connectivity index (χ4v) is 2.93. The molecule has 3 rings (SSSR count). The molecule has 7 heteroatoms. The van der Waals surface area contributed by atoms with Gasteiger partial charge in [-0.05, 0) is 24.6 Å². The molecule has 1 saturated heterocycles. The minimum absolute atomic E-state index is 0.157. The van der Waals surface area contributed by atoms with E-state index in [-0.39, 0.29) is 17.5 Å². The third kappa shape index (κ3) is 2.76. The highest BCUT2D eigenvalue weighted by atomic mass is 19.2. The molecule has 2 aromatic rings. The fourth-order valence-electron chi connectivity index (χ4n) is 2.93. The van der Waals surface area contributed by atoms with Crippen LogP contribution in [0.5, 0.6) is 0 Å². The van der Waals surface area contributed by atoms with Crippen LogP contribution < -0.4 is 10.6 Å². The van der Waals surface area contributed by atoms with E-state index < -0.39 is 17.5 Å². The molecule has 116 valence electrons. The molecule has 2 heterocycles. The van der Waals surface area contributed by atoms with Gasteiger partial charge in [0, 0.05) is 30.3 Å². The zero-order valence-corrected chi connectivity index (χ0v) is 11.8. The van der Waals surface area contributed by atoms with Crippen molar-refractivity contribution in [3.63, 3.8) is 0 Å². The van der Waals surface area contributed by atoms with E-state index >= 15 is 0 Å². The van der Waals surface area contributed by atoms with Crippen LogP contribution in [0.2, 0.25) is 0 Å². The molecule has 3 N–H and O–H groups in total. The van der Waals surface area contributed by atoms with E-state index in [1.165, 1.54) is 0 Å². The Morgan fingerprint density at radius 3 is 2.59 bits per heavy atom. The summed E-state index contributed by atoms with van der Waals surface area (Å²) >= 11 is 0. The Hall–Kier alpha value is -2.15. The lowest BCUT2D eigenvalue weighted by atomic mass is 9.85. The molecule has 0 spiro atoms. The molecule has 1 aliphatic heterocycles. The zero-order valence-electron chi connectivity index (χ0n) is 11.8. The van der Waals surface area contributed by atoms with Crippen LogP contribution in [0, 0.1) is 17.5 Å². The largest absolute Gasteiger partial charge is 0.353 e. The van der Waals surface area contributed by atoms with E-state index in [4.69, 9.17) is 0 Å². The number of aromatic nitrogens is 2. The van der Waals surface area contributed by atoms with E-state index in [0.717, 1.165) is 11.9 Å². The Morgan fingerprint density at radius 1 is 1.14 bits per heavy atom. The van der Waals surface area contributed by atoms with Gasteiger partial charge in [-0.1, -0.05) is 0 Å². The number of piperidine rings is 1. The molecule has 4 nitrogen and oxygen atoms in total. The summed E-state index contributed by atoms with van der Waals surface area (Å²) in [6.07, 6.45) is 2.18. The standard InChI is InChI=1S/C15H15F3N4/c16-11-7-13(18)12(17)6-10(11)9-3-5-22(8-14(9)19)15-2-1-4-20-21-15/h1-2,4,6-7,9,14H,3,5,8,19H2/p+1/t9-,14+/m1/s1. The Balaban J connectivity index is 1.80. The second-order valence-electron chi connectivity index (χ2n) is 5.47. The van der Waals surface area contributed by atoms with E-state index in [0.29, 0.717) is 25.6 Å². The van der Waals surface area contributed by atoms with Crippen LogP contribution in [0.3, 0.4) is 0 Å². The first-order valence-corrected chi connectivity index (χ1v) is 7.06. The molecule has 0 radical (unpaired) electrons. The summed E-state index contributed by atoms with van der Waals surface area (Å²) in [7, 11) is 0. The van der Waals surface area contributed by atoms with E-state index in [1.54, 1.807) is 12.3 Å². The third-order valence-electron chi connectivity index (χ3n) is 4.06. The third-order valence-corrected chi connectivity index (χ3v) is 4.06. The number of anilines is 1. The minimum atomic E-state index is -1.17. The highest BCUT2D eigenvalue weighted by Gasteiger charge is 2.33. The van der Waals surface area contributed by atoms with Crippen molar-refractivity contribution >= 4 is 5.82 Å². The van der Waals surface area contributed by atoms with Crippen molar-refractivity contribution in [2.45, 2.75) is 18.4 Å². The first-order chi connectivity index (χ1) is 10.6. The van der Waals surface area contributed by atoms with Crippen LogP contribution >= 0.6 is 0 Å². The van der Waals surface area contributed by atoms with Crippen molar-refractivity contribution in [2.24, 2.45) is 0 Å². The van der Waals surface area contributed by atoms with Gasteiger partial charge in [0.2, 0.25) is 0 Å². The number of hydrogen-bond acceptors (Lipinski definition) is 3. The van der Waals surface area contributed by atoms with Crippen LogP contribution in [0.4, 0.5) is 19.0 Å². The molecule has 1 aromatic carbocycles. The van der Waals surface area contributed by atoms with Crippen LogP contribution in [-0.2, 0) is 0 Å². The van der Waals surface area contributed by atoms with Gasteiger partial charge >= 0.3 is 0 Å². The van der Waals surface area contributed by atoms with E-state index in [1.807, 2.05) is 11.0 Å². The Labute approximate surface area is 125 Å². The van der Waals surface area contributed by atoms with Gasteiger partial charge in [-0.2, -0.15) is 5.10 Å². The summed E-state index contributed by atoms with van der Waals surface area (Å²) in [6.45, 7) is 1.19. The van der Waals surface area contributed by atoms with Gasteiger partial charge < -0.3 is 10.6 Å². The first kappa shape index (κ1) is 14.8. The average molecular weight is 309 g/mol. The van der Waals surface area contributed by atoms with Crippen molar-refractivity contribution in [3.05, 3.63) is 53.5 Å². The first-order valence-electron chi connectivity index (χ1n) is 7.06. The summed E-state index contributed by atoms with van der Waals surface area (Å²) in [4.78, 5) is 2.01. The zero-order chi connectivity index (χ0) is 15.7. The average Bonchev–Trinajstić information content (AvgIpc) is 2.52. The van der Waals surface area contributed by atoms with Crippen molar-refractivity contribution in [1.29, 1.82) is 0 Å². The Kier molecular flexibility index (Phi) is 3.98. The van der Waals surface area contributed by atoms with Gasteiger partial charge in [0.05, 0.1) is 6.54 Å². The number of rotatable bonds is 2. The van der Waals surface area contributed by atoms with E-state index in [2.05, 4.69) is 15.9 Å². The lowest BCUT2D eigenvalue weighted by Gasteiger charge is -2.35. The summed E-state index contributed by atoms with van der Waals surface area (Å²) < 4.78 is 40.4. The molecule has 0 saturated carbocycles. The SMILES string of the molecule is [NH3+][C@H]1CN(c2cccnn2)CC[C@@H]1c1cc(F)c(F)cc1F. The quantitative estimate of drug-likeness (QED) is 0.855. The molecule has 2 atom stereocenters. The number of halogens is 3. The molecule has 1 fully saturated rings. The maximum Gasteiger partial charge on any atom is 0.161 e. The van der Waals surface area contributed by atoms with Crippen LogP contribution in [-0.4, -0.2) is 29.3 Å². The molecule has 1 aromatic heterocycles. The van der Waals surface area contributed by atoms with Crippen molar-refractivity contribution in [1.82, 2.24) is 10.2 Å². The molecule has 0 amide bonds. The van der Waals surface area contributed by atoms with Crippen molar-refractivity contribution in [2.75, 3.05) is 18.0 Å². The topological polar surface area (TPSA) is 56.7 Å². The predicted octanol–water partition coefficient (Wildman–Crippen LogP) is 1.50. The maximum absolute atomic E-state index is 13.9. The fraction of sp³-hybridized carbons (Fsp3) is 0.333. The summed E-state index contributed by atoms with van der Waals surface area (Å²) in [5, 5.41) is 7.88. The number of nitrogens with zero attached hydrogens (tertiary/aromatic N) is 3. The highest BCUT2D eigenvalue weighted by molar-refractivity contribution is 5.38.